The maximum Gasteiger partial charge on any atom is 0.135 e. The summed E-state index contributed by atoms with van der Waals surface area (Å²) in [6.45, 7) is 1.37. The van der Waals surface area contributed by atoms with Gasteiger partial charge in [0.1, 0.15) is 5.60 Å². The SMILES string of the molecule is COC1(c2ccccn2)CCOC1. The molecule has 70 valence electrons. The second-order valence-corrected chi connectivity index (χ2v) is 3.22. The predicted octanol–water partition coefficient (Wildman–Crippen LogP) is 1.34. The number of pyridine rings is 1. The third-order valence-corrected chi connectivity index (χ3v) is 2.51. The molecule has 0 spiro atoms. The highest BCUT2D eigenvalue weighted by molar-refractivity contribution is 5.14. The molecular formula is C10H13NO2. The van der Waals surface area contributed by atoms with Gasteiger partial charge in [0.15, 0.2) is 0 Å². The van der Waals surface area contributed by atoms with Crippen LogP contribution in [-0.4, -0.2) is 25.3 Å². The number of nitrogens with zero attached hydrogens (tertiary/aromatic N) is 1. The van der Waals surface area contributed by atoms with E-state index < -0.39 is 0 Å². The van der Waals surface area contributed by atoms with Gasteiger partial charge in [-0.25, -0.2) is 0 Å². The highest BCUT2D eigenvalue weighted by atomic mass is 16.5. The molecule has 2 heterocycles. The molecule has 1 atom stereocenters. The van der Waals surface area contributed by atoms with Crippen LogP contribution < -0.4 is 0 Å². The van der Waals surface area contributed by atoms with Crippen LogP contribution in [-0.2, 0) is 15.1 Å². The lowest BCUT2D eigenvalue weighted by Gasteiger charge is -2.24. The van der Waals surface area contributed by atoms with E-state index in [2.05, 4.69) is 4.98 Å². The molecule has 0 N–H and O–H groups in total. The molecule has 0 bridgehead atoms. The highest BCUT2D eigenvalue weighted by Crippen LogP contribution is 2.31. The van der Waals surface area contributed by atoms with Crippen LogP contribution in [0.1, 0.15) is 12.1 Å². The fraction of sp³-hybridized carbons (Fsp3) is 0.500. The fourth-order valence-corrected chi connectivity index (χ4v) is 1.65. The molecule has 0 aromatic carbocycles. The second-order valence-electron chi connectivity index (χ2n) is 3.22. The van der Waals surface area contributed by atoms with E-state index >= 15 is 0 Å². The molecule has 0 saturated carbocycles. The topological polar surface area (TPSA) is 31.4 Å². The van der Waals surface area contributed by atoms with Crippen molar-refractivity contribution in [3.63, 3.8) is 0 Å². The smallest absolute Gasteiger partial charge is 0.135 e. The number of methoxy groups -OCH3 is 1. The van der Waals surface area contributed by atoms with Crippen LogP contribution in [0.4, 0.5) is 0 Å². The van der Waals surface area contributed by atoms with Crippen molar-refractivity contribution in [1.82, 2.24) is 4.98 Å². The third-order valence-electron chi connectivity index (χ3n) is 2.51. The van der Waals surface area contributed by atoms with Crippen LogP contribution in [0.25, 0.3) is 0 Å². The second kappa shape index (κ2) is 3.44. The van der Waals surface area contributed by atoms with Crippen LogP contribution in [0.2, 0.25) is 0 Å². The van der Waals surface area contributed by atoms with Gasteiger partial charge in [0.05, 0.1) is 12.3 Å². The van der Waals surface area contributed by atoms with Gasteiger partial charge < -0.3 is 9.47 Å². The van der Waals surface area contributed by atoms with Crippen molar-refractivity contribution in [3.05, 3.63) is 30.1 Å². The van der Waals surface area contributed by atoms with E-state index in [1.807, 2.05) is 18.2 Å². The zero-order valence-electron chi connectivity index (χ0n) is 7.69. The Labute approximate surface area is 77.7 Å². The predicted molar refractivity (Wildman–Crippen MR) is 48.4 cm³/mol. The van der Waals surface area contributed by atoms with Gasteiger partial charge in [0.2, 0.25) is 0 Å². The fourth-order valence-electron chi connectivity index (χ4n) is 1.65. The standard InChI is InChI=1S/C10H13NO2/c1-12-10(5-7-13-8-10)9-4-2-3-6-11-9/h2-4,6H,5,7-8H2,1H3. The summed E-state index contributed by atoms with van der Waals surface area (Å²) in [6.07, 6.45) is 2.68. The molecule has 13 heavy (non-hydrogen) atoms. The molecule has 1 aromatic rings. The molecule has 0 amide bonds. The van der Waals surface area contributed by atoms with Crippen molar-refractivity contribution in [3.8, 4) is 0 Å². The minimum Gasteiger partial charge on any atom is -0.378 e. The number of ether oxygens (including phenoxy) is 2. The summed E-state index contributed by atoms with van der Waals surface area (Å²) in [4.78, 5) is 4.30. The molecular weight excluding hydrogens is 166 g/mol. The molecule has 3 heteroatoms. The summed E-state index contributed by atoms with van der Waals surface area (Å²) in [7, 11) is 1.71. The maximum atomic E-state index is 5.50. The van der Waals surface area contributed by atoms with Crippen LogP contribution >= 0.6 is 0 Å². The monoisotopic (exact) mass is 179 g/mol. The van der Waals surface area contributed by atoms with E-state index in [9.17, 15) is 0 Å². The number of aromatic nitrogens is 1. The number of hydrogen-bond donors (Lipinski definition) is 0. The Balaban J connectivity index is 2.31. The number of hydrogen-bond acceptors (Lipinski definition) is 3. The Hall–Kier alpha value is -0.930. The molecule has 2 rings (SSSR count). The molecule has 1 unspecified atom stereocenters. The lowest BCUT2D eigenvalue weighted by molar-refractivity contribution is -0.0246. The Bertz CT molecular complexity index is 268. The first-order valence-corrected chi connectivity index (χ1v) is 4.42. The van der Waals surface area contributed by atoms with Crippen molar-refractivity contribution >= 4 is 0 Å². The van der Waals surface area contributed by atoms with Gasteiger partial charge in [-0.15, -0.1) is 0 Å². The Morgan fingerprint density at radius 3 is 3.00 bits per heavy atom. The first kappa shape index (κ1) is 8.66. The van der Waals surface area contributed by atoms with Crippen molar-refractivity contribution in [2.75, 3.05) is 20.3 Å². The lowest BCUT2D eigenvalue weighted by Crippen LogP contribution is -2.29. The van der Waals surface area contributed by atoms with Gasteiger partial charge in [-0.3, -0.25) is 4.98 Å². The first-order chi connectivity index (χ1) is 6.37. The van der Waals surface area contributed by atoms with Crippen molar-refractivity contribution < 1.29 is 9.47 Å². The van der Waals surface area contributed by atoms with E-state index in [0.717, 1.165) is 18.7 Å². The van der Waals surface area contributed by atoms with E-state index in [1.165, 1.54) is 0 Å². The quantitative estimate of drug-likeness (QED) is 0.686. The van der Waals surface area contributed by atoms with E-state index in [4.69, 9.17) is 9.47 Å². The Morgan fingerprint density at radius 1 is 1.54 bits per heavy atom. The average molecular weight is 179 g/mol. The van der Waals surface area contributed by atoms with Crippen LogP contribution in [0.5, 0.6) is 0 Å². The van der Waals surface area contributed by atoms with E-state index in [0.29, 0.717) is 6.61 Å². The number of rotatable bonds is 2. The van der Waals surface area contributed by atoms with Crippen molar-refractivity contribution in [2.24, 2.45) is 0 Å². The molecule has 1 aliphatic rings. The third kappa shape index (κ3) is 1.45. The molecule has 0 radical (unpaired) electrons. The average Bonchev–Trinajstić information content (AvgIpc) is 2.69. The van der Waals surface area contributed by atoms with Gasteiger partial charge in [-0.2, -0.15) is 0 Å². The molecule has 3 nitrogen and oxygen atoms in total. The van der Waals surface area contributed by atoms with Gasteiger partial charge in [0, 0.05) is 26.3 Å². The van der Waals surface area contributed by atoms with Gasteiger partial charge in [0.25, 0.3) is 0 Å². The van der Waals surface area contributed by atoms with Crippen LogP contribution in [0.3, 0.4) is 0 Å². The van der Waals surface area contributed by atoms with E-state index in [-0.39, 0.29) is 5.60 Å². The minimum absolute atomic E-state index is 0.304. The lowest BCUT2D eigenvalue weighted by atomic mass is 9.98. The molecule has 0 aliphatic carbocycles. The molecule has 1 aromatic heterocycles. The Morgan fingerprint density at radius 2 is 2.46 bits per heavy atom. The highest BCUT2D eigenvalue weighted by Gasteiger charge is 2.37. The summed E-state index contributed by atoms with van der Waals surface area (Å²) in [6, 6.07) is 5.86. The van der Waals surface area contributed by atoms with E-state index in [1.54, 1.807) is 13.3 Å². The van der Waals surface area contributed by atoms with Crippen LogP contribution in [0, 0.1) is 0 Å². The summed E-state index contributed by atoms with van der Waals surface area (Å²) in [5.74, 6) is 0. The van der Waals surface area contributed by atoms with Crippen molar-refractivity contribution in [1.29, 1.82) is 0 Å². The summed E-state index contributed by atoms with van der Waals surface area (Å²) < 4.78 is 10.8. The maximum absolute atomic E-state index is 5.50. The summed E-state index contributed by atoms with van der Waals surface area (Å²) in [5, 5.41) is 0. The molecule has 1 aliphatic heterocycles. The van der Waals surface area contributed by atoms with Crippen LogP contribution in [0.15, 0.2) is 24.4 Å². The van der Waals surface area contributed by atoms with Gasteiger partial charge in [-0.05, 0) is 12.1 Å². The summed E-state index contributed by atoms with van der Waals surface area (Å²) >= 11 is 0. The first-order valence-electron chi connectivity index (χ1n) is 4.42. The Kier molecular flexibility index (Phi) is 2.29. The van der Waals surface area contributed by atoms with Gasteiger partial charge in [-0.1, -0.05) is 6.07 Å². The van der Waals surface area contributed by atoms with Crippen molar-refractivity contribution in [2.45, 2.75) is 12.0 Å². The zero-order chi connectivity index (χ0) is 9.15. The molecule has 1 fully saturated rings. The molecule has 1 saturated heterocycles. The summed E-state index contributed by atoms with van der Waals surface area (Å²) in [5.41, 5.74) is 0.663. The normalized spacial score (nSPS) is 27.8. The minimum atomic E-state index is -0.304. The zero-order valence-corrected chi connectivity index (χ0v) is 7.69. The largest absolute Gasteiger partial charge is 0.378 e. The van der Waals surface area contributed by atoms with Gasteiger partial charge >= 0.3 is 0 Å².